The summed E-state index contributed by atoms with van der Waals surface area (Å²) >= 11 is 1.74. The fourth-order valence-electron chi connectivity index (χ4n) is 3.66. The molecule has 3 heterocycles. The van der Waals surface area contributed by atoms with Crippen molar-refractivity contribution in [3.05, 3.63) is 16.1 Å². The first-order valence-corrected chi connectivity index (χ1v) is 9.56. The molecule has 0 radical (unpaired) electrons. The van der Waals surface area contributed by atoms with Crippen molar-refractivity contribution in [2.45, 2.75) is 50.5 Å². The molecule has 23 heavy (non-hydrogen) atoms. The van der Waals surface area contributed by atoms with Crippen LogP contribution in [0.3, 0.4) is 0 Å². The first kappa shape index (κ1) is 16.9. The fraction of sp³-hybridized carbons (Fsp3) is 0.765. The van der Waals surface area contributed by atoms with Crippen LogP contribution in [-0.4, -0.2) is 54.7 Å². The van der Waals surface area contributed by atoms with Gasteiger partial charge in [0.25, 0.3) is 5.91 Å². The third-order valence-corrected chi connectivity index (χ3v) is 6.24. The van der Waals surface area contributed by atoms with Crippen molar-refractivity contribution in [1.29, 1.82) is 0 Å². The van der Waals surface area contributed by atoms with Crippen molar-refractivity contribution in [3.63, 3.8) is 0 Å². The molecule has 1 amide bonds. The highest BCUT2D eigenvalue weighted by Crippen LogP contribution is 2.32. The van der Waals surface area contributed by atoms with Crippen molar-refractivity contribution < 1.29 is 9.53 Å². The highest BCUT2D eigenvalue weighted by atomic mass is 32.1. The molecule has 1 aromatic heterocycles. The van der Waals surface area contributed by atoms with Gasteiger partial charge in [0, 0.05) is 31.5 Å². The zero-order valence-electron chi connectivity index (χ0n) is 14.1. The van der Waals surface area contributed by atoms with Crippen LogP contribution in [0.4, 0.5) is 0 Å². The molecule has 1 unspecified atom stereocenters. The van der Waals surface area contributed by atoms with Gasteiger partial charge in [-0.15, -0.1) is 11.3 Å². The lowest BCUT2D eigenvalue weighted by Crippen LogP contribution is -2.56. The van der Waals surface area contributed by atoms with Gasteiger partial charge in [0.05, 0.1) is 10.7 Å². The normalized spacial score (nSPS) is 24.6. The summed E-state index contributed by atoms with van der Waals surface area (Å²) in [6.45, 7) is 5.47. The van der Waals surface area contributed by atoms with E-state index in [1.54, 1.807) is 18.4 Å². The Morgan fingerprint density at radius 1 is 1.52 bits per heavy atom. The second kappa shape index (κ2) is 7.28. The molecule has 128 valence electrons. The van der Waals surface area contributed by atoms with E-state index in [1.807, 2.05) is 4.90 Å². The summed E-state index contributed by atoms with van der Waals surface area (Å²) in [5.74, 6) is 0.562. The number of ether oxygens (including phenoxy) is 1. The topological polar surface area (TPSA) is 54.5 Å². The van der Waals surface area contributed by atoms with E-state index < -0.39 is 5.60 Å². The molecule has 2 aliphatic heterocycles. The number of nitrogens with zero attached hydrogens (tertiary/aromatic N) is 2. The Hall–Kier alpha value is -0.980. The lowest BCUT2D eigenvalue weighted by atomic mass is 9.88. The van der Waals surface area contributed by atoms with Crippen molar-refractivity contribution in [2.75, 3.05) is 33.3 Å². The number of amides is 1. The molecule has 1 aromatic rings. The Morgan fingerprint density at radius 2 is 2.30 bits per heavy atom. The van der Waals surface area contributed by atoms with E-state index in [0.717, 1.165) is 58.3 Å². The molecule has 2 fully saturated rings. The third kappa shape index (κ3) is 3.44. The molecule has 0 bridgehead atoms. The second-order valence-corrected chi connectivity index (χ2v) is 7.46. The van der Waals surface area contributed by atoms with Crippen LogP contribution in [0.25, 0.3) is 0 Å². The minimum Gasteiger partial charge on any atom is -0.368 e. The second-order valence-electron chi connectivity index (χ2n) is 6.57. The van der Waals surface area contributed by atoms with Gasteiger partial charge in [-0.3, -0.25) is 4.79 Å². The van der Waals surface area contributed by atoms with E-state index >= 15 is 0 Å². The summed E-state index contributed by atoms with van der Waals surface area (Å²) in [4.78, 5) is 19.9. The molecule has 1 atom stereocenters. The van der Waals surface area contributed by atoms with Gasteiger partial charge in [0.2, 0.25) is 0 Å². The zero-order valence-corrected chi connectivity index (χ0v) is 15.0. The maximum absolute atomic E-state index is 13.1. The number of aryl methyl sites for hydroxylation is 1. The molecule has 0 aromatic carbocycles. The predicted octanol–water partition coefficient (Wildman–Crippen LogP) is 2.18. The van der Waals surface area contributed by atoms with Gasteiger partial charge >= 0.3 is 0 Å². The van der Waals surface area contributed by atoms with E-state index in [0.29, 0.717) is 5.92 Å². The van der Waals surface area contributed by atoms with Crippen LogP contribution < -0.4 is 5.32 Å². The van der Waals surface area contributed by atoms with Gasteiger partial charge < -0.3 is 15.0 Å². The van der Waals surface area contributed by atoms with Crippen LogP contribution in [0.5, 0.6) is 0 Å². The Labute approximate surface area is 142 Å². The van der Waals surface area contributed by atoms with Gasteiger partial charge in [-0.1, -0.05) is 6.92 Å². The van der Waals surface area contributed by atoms with Crippen LogP contribution in [0.2, 0.25) is 0 Å². The van der Waals surface area contributed by atoms with Crippen molar-refractivity contribution in [1.82, 2.24) is 15.2 Å². The summed E-state index contributed by atoms with van der Waals surface area (Å²) in [5.41, 5.74) is 0.546. The fourth-order valence-corrected chi connectivity index (χ4v) is 4.69. The number of aromatic nitrogens is 1. The molecule has 6 heteroatoms. The maximum atomic E-state index is 13.1. The number of rotatable bonds is 4. The number of hydrogen-bond donors (Lipinski definition) is 1. The van der Waals surface area contributed by atoms with Gasteiger partial charge in [0.1, 0.15) is 5.60 Å². The molecule has 1 N–H and O–H groups in total. The van der Waals surface area contributed by atoms with E-state index in [2.05, 4.69) is 17.6 Å². The number of likely N-dealkylation sites (tertiary alicyclic amines) is 1. The van der Waals surface area contributed by atoms with Crippen LogP contribution in [-0.2, 0) is 16.0 Å². The number of thiazole rings is 1. The average molecular weight is 337 g/mol. The van der Waals surface area contributed by atoms with Crippen molar-refractivity contribution in [3.8, 4) is 0 Å². The Morgan fingerprint density at radius 3 is 2.96 bits per heavy atom. The number of carbonyl (C=O) groups excluding carboxylic acids is 1. The SMILES string of the molecule is CCc1csc(C2CCCN(C(=O)C3(OC)CCNCC3)C2)n1. The minimum absolute atomic E-state index is 0.179. The summed E-state index contributed by atoms with van der Waals surface area (Å²) in [5, 5.41) is 6.66. The number of nitrogens with one attached hydrogen (secondary N) is 1. The molecule has 0 spiro atoms. The van der Waals surface area contributed by atoms with Gasteiger partial charge in [0.15, 0.2) is 0 Å². The zero-order chi connectivity index (χ0) is 16.3. The lowest BCUT2D eigenvalue weighted by molar-refractivity contribution is -0.159. The predicted molar refractivity (Wildman–Crippen MR) is 91.9 cm³/mol. The molecule has 2 aliphatic rings. The Bertz CT molecular complexity index is 540. The van der Waals surface area contributed by atoms with E-state index in [-0.39, 0.29) is 5.91 Å². The number of carbonyl (C=O) groups is 1. The molecular weight excluding hydrogens is 310 g/mol. The van der Waals surface area contributed by atoms with Gasteiger partial charge in [-0.2, -0.15) is 0 Å². The summed E-state index contributed by atoms with van der Waals surface area (Å²) in [6.07, 6.45) is 4.69. The van der Waals surface area contributed by atoms with Crippen LogP contribution in [0.1, 0.15) is 49.2 Å². The molecule has 3 rings (SSSR count). The standard InChI is InChI=1S/C17H27N3O2S/c1-3-14-12-23-15(19-14)13-5-4-10-20(11-13)16(21)17(22-2)6-8-18-9-7-17/h12-13,18H,3-11H2,1-2H3. The molecule has 5 nitrogen and oxygen atoms in total. The maximum Gasteiger partial charge on any atom is 0.254 e. The first-order valence-electron chi connectivity index (χ1n) is 8.68. The molecule has 0 aliphatic carbocycles. The number of piperidine rings is 2. The van der Waals surface area contributed by atoms with E-state index in [4.69, 9.17) is 9.72 Å². The molecule has 2 saturated heterocycles. The summed E-state index contributed by atoms with van der Waals surface area (Å²) < 4.78 is 5.71. The van der Waals surface area contributed by atoms with Crippen molar-refractivity contribution >= 4 is 17.2 Å². The average Bonchev–Trinajstić information content (AvgIpc) is 3.11. The molecule has 0 saturated carbocycles. The lowest BCUT2D eigenvalue weighted by Gasteiger charge is -2.41. The van der Waals surface area contributed by atoms with Gasteiger partial charge in [-0.05, 0) is 45.2 Å². The largest absolute Gasteiger partial charge is 0.368 e. The monoisotopic (exact) mass is 337 g/mol. The quantitative estimate of drug-likeness (QED) is 0.915. The Kier molecular flexibility index (Phi) is 5.34. The summed E-state index contributed by atoms with van der Waals surface area (Å²) in [7, 11) is 1.68. The minimum atomic E-state index is -0.620. The van der Waals surface area contributed by atoms with Gasteiger partial charge in [-0.25, -0.2) is 4.98 Å². The van der Waals surface area contributed by atoms with E-state index in [1.165, 1.54) is 10.7 Å². The third-order valence-electron chi connectivity index (χ3n) is 5.18. The van der Waals surface area contributed by atoms with Crippen LogP contribution >= 0.6 is 11.3 Å². The van der Waals surface area contributed by atoms with E-state index in [9.17, 15) is 4.79 Å². The number of hydrogen-bond acceptors (Lipinski definition) is 5. The highest BCUT2D eigenvalue weighted by Gasteiger charge is 2.43. The van der Waals surface area contributed by atoms with Crippen molar-refractivity contribution in [2.24, 2.45) is 0 Å². The summed E-state index contributed by atoms with van der Waals surface area (Å²) in [6, 6.07) is 0. The smallest absolute Gasteiger partial charge is 0.254 e. The Balaban J connectivity index is 1.71. The molecular formula is C17H27N3O2S. The van der Waals surface area contributed by atoms with Crippen LogP contribution in [0, 0.1) is 0 Å². The first-order chi connectivity index (χ1) is 11.2. The van der Waals surface area contributed by atoms with Crippen LogP contribution in [0.15, 0.2) is 5.38 Å². The number of methoxy groups -OCH3 is 1. The highest BCUT2D eigenvalue weighted by molar-refractivity contribution is 7.09.